The van der Waals surface area contributed by atoms with Gasteiger partial charge in [-0.3, -0.25) is 14.5 Å². The number of nitrogens with zero attached hydrogens (tertiary/aromatic N) is 3. The number of hydrogen-bond acceptors (Lipinski definition) is 4. The van der Waals surface area contributed by atoms with Crippen molar-refractivity contribution in [1.29, 1.82) is 0 Å². The molecule has 2 aliphatic rings. The monoisotopic (exact) mass is 371 g/mol. The zero-order valence-electron chi connectivity index (χ0n) is 16.3. The van der Waals surface area contributed by atoms with E-state index < -0.39 is 30.6 Å². The summed E-state index contributed by atoms with van der Waals surface area (Å²) in [5.74, 6) is -0.433. The lowest BCUT2D eigenvalue weighted by Gasteiger charge is -2.51. The molecule has 8 heteroatoms. The Bertz CT molecular complexity index is 563. The Labute approximate surface area is 154 Å². The van der Waals surface area contributed by atoms with E-state index in [1.807, 2.05) is 13.8 Å². The largest absolute Gasteiger partial charge is 0.444 e. The van der Waals surface area contributed by atoms with Crippen LogP contribution in [-0.2, 0) is 14.3 Å². The predicted octanol–water partition coefficient (Wildman–Crippen LogP) is 2.01. The van der Waals surface area contributed by atoms with E-state index in [4.69, 9.17) is 4.74 Å². The van der Waals surface area contributed by atoms with Gasteiger partial charge in [-0.1, -0.05) is 20.3 Å². The summed E-state index contributed by atoms with van der Waals surface area (Å²) in [5, 5.41) is 0. The van der Waals surface area contributed by atoms with E-state index in [2.05, 4.69) is 0 Å². The van der Waals surface area contributed by atoms with Crippen LogP contribution in [0.2, 0.25) is 0 Å². The number of hydrogen-bond donors (Lipinski definition) is 0. The normalized spacial score (nSPS) is 25.2. The molecule has 26 heavy (non-hydrogen) atoms. The molecule has 7 nitrogen and oxygen atoms in total. The van der Waals surface area contributed by atoms with Crippen LogP contribution >= 0.6 is 0 Å². The minimum Gasteiger partial charge on any atom is -0.444 e. The molecular formula is C18H30FN3O4. The van der Waals surface area contributed by atoms with Crippen molar-refractivity contribution in [3.05, 3.63) is 0 Å². The number of fused-ring (bicyclic) bond motifs is 1. The number of rotatable bonds is 4. The summed E-state index contributed by atoms with van der Waals surface area (Å²) in [6, 6.07) is -1.17. The summed E-state index contributed by atoms with van der Waals surface area (Å²) in [5.41, 5.74) is -0.677. The van der Waals surface area contributed by atoms with Crippen LogP contribution in [0, 0.1) is 5.92 Å². The number of amides is 3. The SMILES string of the molecule is CCC(C)CN1CC2N(C(=O)OC(C)(C)C)CCC(=O)N2C(CF)C1=O. The highest BCUT2D eigenvalue weighted by Gasteiger charge is 2.49. The first-order chi connectivity index (χ1) is 12.1. The van der Waals surface area contributed by atoms with Crippen molar-refractivity contribution in [3.63, 3.8) is 0 Å². The highest BCUT2D eigenvalue weighted by atomic mass is 19.1. The number of ether oxygens (including phenoxy) is 1. The maximum Gasteiger partial charge on any atom is 0.412 e. The second-order valence-corrected chi connectivity index (χ2v) is 8.13. The Balaban J connectivity index is 2.29. The van der Waals surface area contributed by atoms with Crippen molar-refractivity contribution in [2.75, 3.05) is 26.3 Å². The molecule has 0 aromatic carbocycles. The fraction of sp³-hybridized carbons (Fsp3) is 0.833. The summed E-state index contributed by atoms with van der Waals surface area (Å²) in [7, 11) is 0. The molecule has 148 valence electrons. The van der Waals surface area contributed by atoms with E-state index in [0.717, 1.165) is 6.42 Å². The van der Waals surface area contributed by atoms with Crippen molar-refractivity contribution >= 4 is 17.9 Å². The fourth-order valence-electron chi connectivity index (χ4n) is 3.34. The highest BCUT2D eigenvalue weighted by molar-refractivity contribution is 5.90. The fourth-order valence-corrected chi connectivity index (χ4v) is 3.34. The molecule has 0 aromatic rings. The van der Waals surface area contributed by atoms with Gasteiger partial charge in [0.15, 0.2) is 0 Å². The van der Waals surface area contributed by atoms with Gasteiger partial charge in [0.05, 0.1) is 6.54 Å². The Kier molecular flexibility index (Phi) is 6.13. The molecule has 0 saturated carbocycles. The molecule has 3 amide bonds. The average molecular weight is 371 g/mol. The van der Waals surface area contributed by atoms with Crippen molar-refractivity contribution in [2.45, 2.75) is 65.3 Å². The number of halogens is 1. The minimum atomic E-state index is -1.17. The Morgan fingerprint density at radius 3 is 2.54 bits per heavy atom. The van der Waals surface area contributed by atoms with Gasteiger partial charge < -0.3 is 14.5 Å². The smallest absolute Gasteiger partial charge is 0.412 e. The molecule has 0 N–H and O–H groups in total. The molecule has 0 spiro atoms. The second kappa shape index (κ2) is 7.80. The van der Waals surface area contributed by atoms with Crippen molar-refractivity contribution < 1.29 is 23.5 Å². The van der Waals surface area contributed by atoms with E-state index in [1.165, 1.54) is 9.80 Å². The Morgan fingerprint density at radius 1 is 1.35 bits per heavy atom. The summed E-state index contributed by atoms with van der Waals surface area (Å²) in [6.07, 6.45) is -0.290. The molecule has 0 radical (unpaired) electrons. The number of alkyl halides is 1. The molecule has 2 heterocycles. The van der Waals surface area contributed by atoms with Gasteiger partial charge in [0.25, 0.3) is 0 Å². The zero-order valence-corrected chi connectivity index (χ0v) is 16.3. The van der Waals surface area contributed by atoms with Crippen LogP contribution in [0.15, 0.2) is 0 Å². The average Bonchev–Trinajstić information content (AvgIpc) is 2.54. The lowest BCUT2D eigenvalue weighted by atomic mass is 10.0. The van der Waals surface area contributed by atoms with Gasteiger partial charge in [-0.05, 0) is 26.7 Å². The summed E-state index contributed by atoms with van der Waals surface area (Å²) in [4.78, 5) is 41.9. The molecule has 2 fully saturated rings. The van der Waals surface area contributed by atoms with E-state index in [1.54, 1.807) is 25.7 Å². The van der Waals surface area contributed by atoms with E-state index in [0.29, 0.717) is 6.54 Å². The van der Waals surface area contributed by atoms with Gasteiger partial charge >= 0.3 is 6.09 Å². The maximum atomic E-state index is 13.7. The van der Waals surface area contributed by atoms with Crippen molar-refractivity contribution in [3.8, 4) is 0 Å². The lowest BCUT2D eigenvalue weighted by Crippen LogP contribution is -2.72. The van der Waals surface area contributed by atoms with Gasteiger partial charge in [-0.25, -0.2) is 9.18 Å². The summed E-state index contributed by atoms with van der Waals surface area (Å²) < 4.78 is 19.1. The molecule has 0 aliphatic carbocycles. The quantitative estimate of drug-likeness (QED) is 0.758. The van der Waals surface area contributed by atoms with Gasteiger partial charge in [0.2, 0.25) is 11.8 Å². The number of carbonyl (C=O) groups excluding carboxylic acids is 3. The molecule has 2 rings (SSSR count). The van der Waals surface area contributed by atoms with Gasteiger partial charge in [-0.15, -0.1) is 0 Å². The van der Waals surface area contributed by atoms with Crippen LogP contribution in [0.4, 0.5) is 9.18 Å². The first-order valence-corrected chi connectivity index (χ1v) is 9.24. The molecule has 0 bridgehead atoms. The number of carbonyl (C=O) groups is 3. The maximum absolute atomic E-state index is 13.7. The second-order valence-electron chi connectivity index (χ2n) is 8.13. The van der Waals surface area contributed by atoms with Crippen LogP contribution in [-0.4, -0.2) is 76.7 Å². The van der Waals surface area contributed by atoms with Crippen LogP contribution < -0.4 is 0 Å². The van der Waals surface area contributed by atoms with E-state index >= 15 is 0 Å². The minimum absolute atomic E-state index is 0.0604. The first kappa shape index (κ1) is 20.5. The molecule has 3 atom stereocenters. The lowest BCUT2D eigenvalue weighted by molar-refractivity contribution is -0.170. The topological polar surface area (TPSA) is 70.2 Å². The third-order valence-corrected chi connectivity index (χ3v) is 4.85. The van der Waals surface area contributed by atoms with Crippen LogP contribution in [0.25, 0.3) is 0 Å². The van der Waals surface area contributed by atoms with Crippen LogP contribution in [0.5, 0.6) is 0 Å². The molecule has 0 aromatic heterocycles. The standard InChI is InChI=1S/C18H30FN3O4/c1-6-12(2)10-20-11-14-21(17(25)26-18(3,4)5)8-7-15(23)22(14)13(9-19)16(20)24/h12-14H,6-11H2,1-5H3. The third kappa shape index (κ3) is 4.27. The predicted molar refractivity (Wildman–Crippen MR) is 94.0 cm³/mol. The van der Waals surface area contributed by atoms with Gasteiger partial charge in [0.1, 0.15) is 24.5 Å². The van der Waals surface area contributed by atoms with Crippen molar-refractivity contribution in [1.82, 2.24) is 14.7 Å². The summed E-state index contributed by atoms with van der Waals surface area (Å²) >= 11 is 0. The summed E-state index contributed by atoms with van der Waals surface area (Å²) in [6.45, 7) is 9.25. The molecule has 2 saturated heterocycles. The van der Waals surface area contributed by atoms with Gasteiger partial charge in [0, 0.05) is 19.5 Å². The zero-order chi connectivity index (χ0) is 19.6. The number of piperazine rings is 1. The van der Waals surface area contributed by atoms with Crippen molar-refractivity contribution in [2.24, 2.45) is 5.92 Å². The van der Waals surface area contributed by atoms with Crippen LogP contribution in [0.3, 0.4) is 0 Å². The molecule has 3 unspecified atom stereocenters. The highest BCUT2D eigenvalue weighted by Crippen LogP contribution is 2.28. The van der Waals surface area contributed by atoms with Gasteiger partial charge in [-0.2, -0.15) is 0 Å². The molecule has 2 aliphatic heterocycles. The van der Waals surface area contributed by atoms with E-state index in [9.17, 15) is 18.8 Å². The molecular weight excluding hydrogens is 341 g/mol. The third-order valence-electron chi connectivity index (χ3n) is 4.85. The van der Waals surface area contributed by atoms with E-state index in [-0.39, 0.29) is 37.2 Å². The van der Waals surface area contributed by atoms with Crippen LogP contribution in [0.1, 0.15) is 47.5 Å². The Morgan fingerprint density at radius 2 is 2.00 bits per heavy atom. The Hall–Kier alpha value is -1.86. The first-order valence-electron chi connectivity index (χ1n) is 9.24.